The minimum absolute atomic E-state index is 0.0969. The summed E-state index contributed by atoms with van der Waals surface area (Å²) in [7, 11) is 0. The molecule has 5 nitrogen and oxygen atoms in total. The van der Waals surface area contributed by atoms with Gasteiger partial charge in [0.2, 0.25) is 11.6 Å². The van der Waals surface area contributed by atoms with Gasteiger partial charge in [-0.1, -0.05) is 46.3 Å². The fraction of sp³-hybridized carbons (Fsp3) is 0.143. The molecule has 0 aromatic heterocycles. The Balaban J connectivity index is 2.04. The van der Waals surface area contributed by atoms with E-state index in [0.717, 1.165) is 10.0 Å². The molecule has 1 aromatic carbocycles. The summed E-state index contributed by atoms with van der Waals surface area (Å²) in [6, 6.07) is 9.65. The lowest BCUT2D eigenvalue weighted by molar-refractivity contribution is 0.155. The molecule has 0 amide bonds. The molecular weight excluding hydrogens is 320 g/mol. The average molecular weight is 331 g/mol. The number of halogens is 1. The molecule has 2 aliphatic heterocycles. The molecule has 2 heterocycles. The molecule has 6 heteroatoms. The minimum Gasteiger partial charge on any atom is -0.502 e. The Bertz CT molecular complexity index is 700. The van der Waals surface area contributed by atoms with Crippen LogP contribution in [0.1, 0.15) is 12.5 Å². The molecular formula is C14H11BrN4O. The number of rotatable bonds is 1. The number of allylic oxidation sites excluding steroid dienone is 1. The number of aliphatic hydroxyl groups is 1. The van der Waals surface area contributed by atoms with Crippen molar-refractivity contribution in [1.82, 2.24) is 10.4 Å². The van der Waals surface area contributed by atoms with Gasteiger partial charge in [-0.15, -0.1) is 0 Å². The number of aliphatic hydroxyl groups excluding tert-OH is 1. The Kier molecular flexibility index (Phi) is 2.99. The molecule has 0 saturated heterocycles. The summed E-state index contributed by atoms with van der Waals surface area (Å²) in [5.74, 6) is 0.568. The summed E-state index contributed by atoms with van der Waals surface area (Å²) in [5, 5.41) is 11.7. The molecule has 2 aliphatic rings. The van der Waals surface area contributed by atoms with Crippen LogP contribution < -0.4 is 5.43 Å². The van der Waals surface area contributed by atoms with Crippen molar-refractivity contribution in [3.05, 3.63) is 68.9 Å². The van der Waals surface area contributed by atoms with E-state index in [0.29, 0.717) is 11.4 Å². The Morgan fingerprint density at radius 1 is 1.40 bits per heavy atom. The molecule has 0 aliphatic carbocycles. The largest absolute Gasteiger partial charge is 0.502 e. The van der Waals surface area contributed by atoms with Crippen molar-refractivity contribution in [1.29, 1.82) is 0 Å². The van der Waals surface area contributed by atoms with Crippen LogP contribution in [0.5, 0.6) is 0 Å². The molecule has 0 saturated carbocycles. The maximum absolute atomic E-state index is 10.2. The molecule has 3 rings (SSSR count). The number of aliphatic imine (C=N–C) groups is 1. The number of fused-ring (bicyclic) bond motifs is 1. The van der Waals surface area contributed by atoms with Crippen LogP contribution in [0, 0.1) is 6.57 Å². The number of amidine groups is 1. The molecule has 1 aromatic rings. The molecule has 100 valence electrons. The first-order valence-corrected chi connectivity index (χ1v) is 6.79. The summed E-state index contributed by atoms with van der Waals surface area (Å²) in [5.41, 5.74) is 4.90. The average Bonchev–Trinajstić information content (AvgIpc) is 2.92. The van der Waals surface area contributed by atoms with Gasteiger partial charge in [-0.2, -0.15) is 0 Å². The van der Waals surface area contributed by atoms with E-state index >= 15 is 0 Å². The van der Waals surface area contributed by atoms with Gasteiger partial charge in [0.15, 0.2) is 6.17 Å². The Morgan fingerprint density at radius 2 is 2.10 bits per heavy atom. The number of hydrazine groups is 1. The number of benzene rings is 1. The van der Waals surface area contributed by atoms with E-state index in [-0.39, 0.29) is 17.7 Å². The SMILES string of the molecule is [C-]#[N+]C1=C(O)N2NC(c3ccccc3)=NC2C(Br)=C1C. The van der Waals surface area contributed by atoms with Crippen LogP contribution >= 0.6 is 15.9 Å². The maximum Gasteiger partial charge on any atom is 0.250 e. The summed E-state index contributed by atoms with van der Waals surface area (Å²) in [6.07, 6.45) is -0.379. The van der Waals surface area contributed by atoms with Crippen LogP contribution in [0.25, 0.3) is 4.85 Å². The van der Waals surface area contributed by atoms with Crippen LogP contribution in [0.4, 0.5) is 0 Å². The summed E-state index contributed by atoms with van der Waals surface area (Å²) >= 11 is 3.47. The van der Waals surface area contributed by atoms with E-state index < -0.39 is 0 Å². The van der Waals surface area contributed by atoms with E-state index in [1.54, 1.807) is 6.92 Å². The first kappa shape index (κ1) is 12.8. The zero-order chi connectivity index (χ0) is 14.3. The van der Waals surface area contributed by atoms with Gasteiger partial charge in [0, 0.05) is 10.0 Å². The highest BCUT2D eigenvalue weighted by atomic mass is 79.9. The Morgan fingerprint density at radius 3 is 2.75 bits per heavy atom. The lowest BCUT2D eigenvalue weighted by atomic mass is 10.1. The number of hydrogen-bond donors (Lipinski definition) is 2. The van der Waals surface area contributed by atoms with Crippen molar-refractivity contribution in [2.45, 2.75) is 13.1 Å². The zero-order valence-corrected chi connectivity index (χ0v) is 12.2. The van der Waals surface area contributed by atoms with Crippen molar-refractivity contribution in [3.8, 4) is 0 Å². The third-order valence-corrected chi connectivity index (χ3v) is 4.27. The normalized spacial score (nSPS) is 21.4. The quantitative estimate of drug-likeness (QED) is 0.778. The van der Waals surface area contributed by atoms with Gasteiger partial charge in [-0.25, -0.2) is 14.8 Å². The van der Waals surface area contributed by atoms with Crippen LogP contribution in [0.15, 0.2) is 57.0 Å². The van der Waals surface area contributed by atoms with Gasteiger partial charge in [0.05, 0.1) is 6.57 Å². The molecule has 1 atom stereocenters. The van der Waals surface area contributed by atoms with E-state index in [4.69, 9.17) is 6.57 Å². The topological polar surface area (TPSA) is 52.2 Å². The molecule has 0 spiro atoms. The monoisotopic (exact) mass is 330 g/mol. The number of hydrogen-bond acceptors (Lipinski definition) is 4. The number of nitrogens with zero attached hydrogens (tertiary/aromatic N) is 3. The van der Waals surface area contributed by atoms with Crippen LogP contribution in [0.3, 0.4) is 0 Å². The third kappa shape index (κ3) is 1.79. The highest BCUT2D eigenvalue weighted by Gasteiger charge is 2.37. The highest BCUT2D eigenvalue weighted by molar-refractivity contribution is 9.11. The highest BCUT2D eigenvalue weighted by Crippen LogP contribution is 2.36. The summed E-state index contributed by atoms with van der Waals surface area (Å²) in [6.45, 7) is 8.97. The van der Waals surface area contributed by atoms with Crippen LogP contribution in [-0.2, 0) is 0 Å². The summed E-state index contributed by atoms with van der Waals surface area (Å²) < 4.78 is 0.778. The van der Waals surface area contributed by atoms with Crippen LogP contribution in [0.2, 0.25) is 0 Å². The standard InChI is InChI=1S/C14H11BrN4O/c1-8-10(15)13-17-12(9-6-4-3-5-7-9)18-19(13)14(20)11(8)16-2/h3-7,13,20H,1H3,(H,17,18). The van der Waals surface area contributed by atoms with Crippen molar-refractivity contribution >= 4 is 21.8 Å². The molecule has 0 fully saturated rings. The molecule has 2 N–H and O–H groups in total. The van der Waals surface area contributed by atoms with Crippen molar-refractivity contribution < 1.29 is 5.11 Å². The fourth-order valence-electron chi connectivity index (χ4n) is 2.18. The lowest BCUT2D eigenvalue weighted by Gasteiger charge is -2.29. The van der Waals surface area contributed by atoms with Crippen molar-refractivity contribution in [2.24, 2.45) is 4.99 Å². The van der Waals surface area contributed by atoms with Crippen molar-refractivity contribution in [2.75, 3.05) is 0 Å². The molecule has 1 unspecified atom stereocenters. The maximum atomic E-state index is 10.2. The molecule has 0 radical (unpaired) electrons. The first-order chi connectivity index (χ1) is 9.63. The predicted octanol–water partition coefficient (Wildman–Crippen LogP) is 2.91. The van der Waals surface area contributed by atoms with Crippen molar-refractivity contribution in [3.63, 3.8) is 0 Å². The lowest BCUT2D eigenvalue weighted by Crippen LogP contribution is -2.43. The second kappa shape index (κ2) is 4.69. The van der Waals surface area contributed by atoms with E-state index in [1.165, 1.54) is 5.01 Å². The van der Waals surface area contributed by atoms with Gasteiger partial charge in [-0.3, -0.25) is 5.43 Å². The second-order valence-corrected chi connectivity index (χ2v) is 5.31. The van der Waals surface area contributed by atoms with Gasteiger partial charge >= 0.3 is 0 Å². The molecule has 20 heavy (non-hydrogen) atoms. The number of nitrogens with one attached hydrogen (secondary N) is 1. The first-order valence-electron chi connectivity index (χ1n) is 6.00. The van der Waals surface area contributed by atoms with Gasteiger partial charge in [0.25, 0.3) is 0 Å². The summed E-state index contributed by atoms with van der Waals surface area (Å²) in [4.78, 5) is 7.94. The predicted molar refractivity (Wildman–Crippen MR) is 79.6 cm³/mol. The van der Waals surface area contributed by atoms with Gasteiger partial charge in [-0.05, 0) is 12.5 Å². The second-order valence-electron chi connectivity index (χ2n) is 4.46. The minimum atomic E-state index is -0.379. The Labute approximate surface area is 124 Å². The van der Waals surface area contributed by atoms with Crippen LogP contribution in [-0.4, -0.2) is 22.1 Å². The zero-order valence-electron chi connectivity index (χ0n) is 10.6. The smallest absolute Gasteiger partial charge is 0.250 e. The van der Waals surface area contributed by atoms with E-state index in [1.807, 2.05) is 30.3 Å². The van der Waals surface area contributed by atoms with E-state index in [2.05, 4.69) is 31.2 Å². The molecule has 0 bridgehead atoms. The van der Waals surface area contributed by atoms with E-state index in [9.17, 15) is 5.11 Å². The Hall–Kier alpha value is -2.26. The van der Waals surface area contributed by atoms with Gasteiger partial charge < -0.3 is 5.11 Å². The third-order valence-electron chi connectivity index (χ3n) is 3.26. The van der Waals surface area contributed by atoms with Gasteiger partial charge in [0.1, 0.15) is 5.84 Å². The fourth-order valence-corrected chi connectivity index (χ4v) is 2.68.